The van der Waals surface area contributed by atoms with E-state index in [-0.39, 0.29) is 24.8 Å². The van der Waals surface area contributed by atoms with Gasteiger partial charge in [-0.2, -0.15) is 0 Å². The van der Waals surface area contributed by atoms with Gasteiger partial charge in [0.1, 0.15) is 11.4 Å². The Kier molecular flexibility index (Phi) is 6.97. The molecule has 3 heterocycles. The minimum Gasteiger partial charge on any atom is -0.394 e. The van der Waals surface area contributed by atoms with Crippen LogP contribution in [0.25, 0.3) is 22.4 Å². The zero-order valence-corrected chi connectivity index (χ0v) is 20.5. The first-order chi connectivity index (χ1) is 17.4. The number of H-pyrrole nitrogens is 2. The van der Waals surface area contributed by atoms with Crippen molar-refractivity contribution in [1.29, 1.82) is 0 Å². The number of aliphatic hydroxyl groups excluding tert-OH is 2. The van der Waals surface area contributed by atoms with Crippen molar-refractivity contribution in [1.82, 2.24) is 15.0 Å². The van der Waals surface area contributed by atoms with Crippen molar-refractivity contribution < 1.29 is 14.9 Å². The Morgan fingerprint density at radius 3 is 2.97 bits per heavy atom. The maximum absolute atomic E-state index is 12.9. The second-order valence-electron chi connectivity index (χ2n) is 8.91. The molecule has 2 aromatic carbocycles. The molecule has 10 heteroatoms. The van der Waals surface area contributed by atoms with Crippen LogP contribution in [0.4, 0.5) is 11.4 Å². The van der Waals surface area contributed by atoms with Gasteiger partial charge in [0.05, 0.1) is 42.1 Å². The Morgan fingerprint density at radius 1 is 1.31 bits per heavy atom. The number of benzene rings is 2. The molecule has 0 aliphatic carbocycles. The third-order valence-electron chi connectivity index (χ3n) is 6.39. The van der Waals surface area contributed by atoms with Crippen LogP contribution in [-0.2, 0) is 4.74 Å². The molecule has 0 saturated carbocycles. The van der Waals surface area contributed by atoms with E-state index in [0.29, 0.717) is 40.8 Å². The summed E-state index contributed by atoms with van der Waals surface area (Å²) in [6, 6.07) is 12.9. The van der Waals surface area contributed by atoms with Crippen LogP contribution in [0.5, 0.6) is 0 Å². The molecule has 1 fully saturated rings. The largest absolute Gasteiger partial charge is 0.394 e. The smallest absolute Gasteiger partial charge is 0.261 e. The van der Waals surface area contributed by atoms with Gasteiger partial charge in [-0.3, -0.25) is 4.79 Å². The van der Waals surface area contributed by atoms with Gasteiger partial charge >= 0.3 is 0 Å². The van der Waals surface area contributed by atoms with Crippen LogP contribution < -0.4 is 15.8 Å². The lowest BCUT2D eigenvalue weighted by Gasteiger charge is -2.33. The van der Waals surface area contributed by atoms with Gasteiger partial charge in [0.25, 0.3) is 5.56 Å². The maximum atomic E-state index is 12.9. The van der Waals surface area contributed by atoms with Gasteiger partial charge in [0.15, 0.2) is 0 Å². The summed E-state index contributed by atoms with van der Waals surface area (Å²) in [6.07, 6.45) is 0.528. The fourth-order valence-electron chi connectivity index (χ4n) is 4.54. The van der Waals surface area contributed by atoms with Crippen molar-refractivity contribution in [2.24, 2.45) is 0 Å². The highest BCUT2D eigenvalue weighted by atomic mass is 35.5. The molecule has 1 saturated heterocycles. The molecule has 0 amide bonds. The van der Waals surface area contributed by atoms with Crippen molar-refractivity contribution >= 4 is 34.0 Å². The number of ether oxygens (including phenoxy) is 1. The molecule has 1 aliphatic heterocycles. The van der Waals surface area contributed by atoms with Crippen LogP contribution in [0, 0.1) is 6.92 Å². The second-order valence-corrected chi connectivity index (χ2v) is 9.35. The minimum absolute atomic E-state index is 0.0233. The molecular formula is C26H28ClN5O4. The number of nitrogens with zero attached hydrogens (tertiary/aromatic N) is 2. The summed E-state index contributed by atoms with van der Waals surface area (Å²) in [7, 11) is 0. The number of fused-ring (bicyclic) bond motifs is 1. The van der Waals surface area contributed by atoms with E-state index in [0.717, 1.165) is 28.8 Å². The highest BCUT2D eigenvalue weighted by Crippen LogP contribution is 2.30. The van der Waals surface area contributed by atoms with Crippen LogP contribution in [-0.4, -0.2) is 64.1 Å². The number of aliphatic hydroxyl groups is 2. The quantitative estimate of drug-likeness (QED) is 0.259. The fraction of sp³-hybridized carbons (Fsp3) is 0.308. The molecule has 9 nitrogen and oxygen atoms in total. The average molecular weight is 510 g/mol. The number of nitrogens with one attached hydrogen (secondary N) is 3. The summed E-state index contributed by atoms with van der Waals surface area (Å²) < 4.78 is 5.58. The van der Waals surface area contributed by atoms with E-state index >= 15 is 0 Å². The van der Waals surface area contributed by atoms with Gasteiger partial charge in [-0.05, 0) is 48.4 Å². The van der Waals surface area contributed by atoms with Crippen LogP contribution in [0.2, 0.25) is 5.02 Å². The number of aryl methyl sites for hydroxylation is 1. The third-order valence-corrected chi connectivity index (χ3v) is 6.62. The van der Waals surface area contributed by atoms with E-state index in [2.05, 4.69) is 26.3 Å². The van der Waals surface area contributed by atoms with Gasteiger partial charge in [-0.25, -0.2) is 4.98 Å². The summed E-state index contributed by atoms with van der Waals surface area (Å²) in [5.41, 5.74) is 4.84. The molecular weight excluding hydrogens is 482 g/mol. The first kappa shape index (κ1) is 24.3. The maximum Gasteiger partial charge on any atom is 0.261 e. The van der Waals surface area contributed by atoms with Crippen LogP contribution in [0.15, 0.2) is 53.5 Å². The predicted molar refractivity (Wildman–Crippen MR) is 141 cm³/mol. The summed E-state index contributed by atoms with van der Waals surface area (Å²) in [6.45, 7) is 4.02. The van der Waals surface area contributed by atoms with Crippen molar-refractivity contribution in [2.45, 2.75) is 19.1 Å². The zero-order chi connectivity index (χ0) is 25.2. The van der Waals surface area contributed by atoms with Crippen molar-refractivity contribution in [3.05, 3.63) is 75.2 Å². The molecule has 5 rings (SSSR count). The molecule has 188 valence electrons. The third kappa shape index (κ3) is 4.96. The van der Waals surface area contributed by atoms with E-state index in [1.807, 2.05) is 13.0 Å². The number of anilines is 2. The number of pyridine rings is 1. The number of aromatic amines is 2. The molecule has 5 N–H and O–H groups in total. The lowest BCUT2D eigenvalue weighted by molar-refractivity contribution is 0.00357. The highest BCUT2D eigenvalue weighted by Gasteiger charge is 2.22. The fourth-order valence-corrected chi connectivity index (χ4v) is 4.73. The monoisotopic (exact) mass is 509 g/mol. The zero-order valence-electron chi connectivity index (χ0n) is 19.8. The summed E-state index contributed by atoms with van der Waals surface area (Å²) >= 11 is 6.05. The highest BCUT2D eigenvalue weighted by molar-refractivity contribution is 6.30. The Labute approximate surface area is 212 Å². The Bertz CT molecular complexity index is 1440. The van der Waals surface area contributed by atoms with Crippen molar-refractivity contribution in [3.63, 3.8) is 0 Å². The number of morpholine rings is 1. The van der Waals surface area contributed by atoms with Crippen molar-refractivity contribution in [3.8, 4) is 11.4 Å². The lowest BCUT2D eigenvalue weighted by Crippen LogP contribution is -2.44. The first-order valence-corrected chi connectivity index (χ1v) is 12.2. The SMILES string of the molecule is Cc1cc(N2CCO[C@@H](CO)C2)cc2[nH]c(-c3c(NC[C@@H](O)c4cccc(Cl)c4)cc[nH]c3=O)nc12. The van der Waals surface area contributed by atoms with Crippen molar-refractivity contribution in [2.75, 3.05) is 43.1 Å². The van der Waals surface area contributed by atoms with Gasteiger partial charge < -0.3 is 35.1 Å². The Balaban J connectivity index is 1.44. The first-order valence-electron chi connectivity index (χ1n) is 11.8. The van der Waals surface area contributed by atoms with Gasteiger partial charge in [0, 0.05) is 36.5 Å². The summed E-state index contributed by atoms with van der Waals surface area (Å²) in [5, 5.41) is 23.8. The number of halogens is 1. The Hall–Kier alpha value is -3.37. The molecule has 0 spiro atoms. The summed E-state index contributed by atoms with van der Waals surface area (Å²) in [4.78, 5) is 25.8. The molecule has 36 heavy (non-hydrogen) atoms. The molecule has 0 radical (unpaired) electrons. The van der Waals surface area contributed by atoms with Crippen LogP contribution in [0.1, 0.15) is 17.2 Å². The number of imidazole rings is 1. The van der Waals surface area contributed by atoms with Crippen LogP contribution in [0.3, 0.4) is 0 Å². The minimum atomic E-state index is -0.812. The van der Waals surface area contributed by atoms with E-state index in [9.17, 15) is 15.0 Å². The number of aromatic nitrogens is 3. The van der Waals surface area contributed by atoms with E-state index in [1.165, 1.54) is 0 Å². The van der Waals surface area contributed by atoms with E-state index in [1.54, 1.807) is 36.5 Å². The molecule has 2 atom stereocenters. The molecule has 0 unspecified atom stereocenters. The van der Waals surface area contributed by atoms with E-state index in [4.69, 9.17) is 21.3 Å². The molecule has 1 aliphatic rings. The van der Waals surface area contributed by atoms with Crippen LogP contribution >= 0.6 is 11.6 Å². The van der Waals surface area contributed by atoms with E-state index < -0.39 is 6.10 Å². The lowest BCUT2D eigenvalue weighted by atomic mass is 10.1. The van der Waals surface area contributed by atoms with Gasteiger partial charge in [-0.1, -0.05) is 23.7 Å². The molecule has 4 aromatic rings. The van der Waals surface area contributed by atoms with Gasteiger partial charge in [0.2, 0.25) is 0 Å². The topological polar surface area (TPSA) is 126 Å². The normalized spacial score (nSPS) is 16.9. The summed E-state index contributed by atoms with van der Waals surface area (Å²) in [5.74, 6) is 0.432. The number of hydrogen-bond donors (Lipinski definition) is 5. The predicted octanol–water partition coefficient (Wildman–Crippen LogP) is 3.22. The molecule has 0 bridgehead atoms. The average Bonchev–Trinajstić information content (AvgIpc) is 3.31. The molecule has 2 aromatic heterocycles. The second kappa shape index (κ2) is 10.3. The standard InChI is InChI=1S/C26H28ClN5O4/c1-15-9-18(32-7-8-36-19(13-32)14-33)11-21-24(15)31-25(30-21)23-20(5-6-28-26(23)35)29-12-22(34)16-3-2-4-17(27)10-16/h2-6,9-11,19,22,33-34H,7-8,12-14H2,1H3,(H,30,31)(H2,28,29,35)/t19-,22-/m1/s1. The Morgan fingerprint density at radius 2 is 2.17 bits per heavy atom. The van der Waals surface area contributed by atoms with Gasteiger partial charge in [-0.15, -0.1) is 0 Å². The number of rotatable bonds is 7. The number of hydrogen-bond acceptors (Lipinski definition) is 7.